The van der Waals surface area contributed by atoms with E-state index < -0.39 is 11.9 Å². The zero-order valence-electron chi connectivity index (χ0n) is 9.71. The monoisotopic (exact) mass is 406 g/mol. The van der Waals surface area contributed by atoms with Gasteiger partial charge in [-0.1, -0.05) is 49.5 Å². The number of hydrogen-bond acceptors (Lipinski definition) is 1. The van der Waals surface area contributed by atoms with E-state index in [2.05, 4.69) is 31.9 Å². The van der Waals surface area contributed by atoms with Crippen LogP contribution in [0.4, 0.5) is 4.39 Å². The Balaban J connectivity index is 2.22. The van der Waals surface area contributed by atoms with E-state index in [1.165, 1.54) is 6.07 Å². The van der Waals surface area contributed by atoms with Gasteiger partial charge in [0.2, 0.25) is 0 Å². The molecule has 5 heteroatoms. The molecule has 0 aromatic heterocycles. The lowest BCUT2D eigenvalue weighted by atomic mass is 10.0. The fraction of sp³-hybridized carbons (Fsp3) is 0.143. The third-order valence-corrected chi connectivity index (χ3v) is 3.85. The van der Waals surface area contributed by atoms with Gasteiger partial charge in [-0.25, -0.2) is 4.39 Å². The van der Waals surface area contributed by atoms with Crippen molar-refractivity contribution in [2.75, 3.05) is 0 Å². The lowest BCUT2D eigenvalue weighted by Crippen LogP contribution is -2.03. The van der Waals surface area contributed by atoms with Gasteiger partial charge >= 0.3 is 0 Å². The smallest absolute Gasteiger partial charge is 0.127 e. The minimum atomic E-state index is -0.774. The van der Waals surface area contributed by atoms with E-state index in [1.54, 1.807) is 12.1 Å². The zero-order chi connectivity index (χ0) is 14.0. The lowest BCUT2D eigenvalue weighted by Gasteiger charge is -2.13. The van der Waals surface area contributed by atoms with Crippen LogP contribution in [0.25, 0.3) is 0 Å². The van der Waals surface area contributed by atoms with Gasteiger partial charge in [0.15, 0.2) is 0 Å². The largest absolute Gasteiger partial charge is 0.388 e. The average Bonchev–Trinajstić information content (AvgIpc) is 2.31. The van der Waals surface area contributed by atoms with E-state index in [4.69, 9.17) is 11.6 Å². The Morgan fingerprint density at radius 2 is 1.74 bits per heavy atom. The van der Waals surface area contributed by atoms with Gasteiger partial charge in [-0.15, -0.1) is 0 Å². The molecule has 1 atom stereocenters. The van der Waals surface area contributed by atoms with Gasteiger partial charge in [0.1, 0.15) is 5.82 Å². The molecule has 0 radical (unpaired) electrons. The predicted octanol–water partition coefficient (Wildman–Crippen LogP) is 5.28. The Hall–Kier alpha value is -0.420. The van der Waals surface area contributed by atoms with Crippen LogP contribution in [0, 0.1) is 5.82 Å². The minimum absolute atomic E-state index is 0.200. The quantitative estimate of drug-likeness (QED) is 0.733. The van der Waals surface area contributed by atoms with Crippen molar-refractivity contribution in [3.8, 4) is 0 Å². The van der Waals surface area contributed by atoms with Crippen molar-refractivity contribution in [2.24, 2.45) is 0 Å². The van der Waals surface area contributed by atoms with Crippen LogP contribution in [0.3, 0.4) is 0 Å². The van der Waals surface area contributed by atoms with Crippen molar-refractivity contribution in [3.05, 3.63) is 67.3 Å². The highest BCUT2D eigenvalue weighted by Crippen LogP contribution is 2.27. The molecule has 2 aromatic carbocycles. The molecule has 0 heterocycles. The van der Waals surface area contributed by atoms with Gasteiger partial charge in [-0.05, 0) is 41.5 Å². The van der Waals surface area contributed by atoms with Crippen LogP contribution in [-0.2, 0) is 6.42 Å². The van der Waals surface area contributed by atoms with Gasteiger partial charge in [0, 0.05) is 20.4 Å². The first-order valence-corrected chi connectivity index (χ1v) is 7.50. The van der Waals surface area contributed by atoms with Gasteiger partial charge in [0.05, 0.1) is 6.10 Å². The van der Waals surface area contributed by atoms with E-state index in [0.717, 1.165) is 14.5 Å². The Bertz CT molecular complexity index is 584. The molecule has 1 nitrogen and oxygen atoms in total. The molecular formula is C14H10Br2ClFO. The highest BCUT2D eigenvalue weighted by molar-refractivity contribution is 9.11. The van der Waals surface area contributed by atoms with Crippen LogP contribution in [-0.4, -0.2) is 5.11 Å². The van der Waals surface area contributed by atoms with Crippen LogP contribution in [0.1, 0.15) is 17.2 Å². The standard InChI is InChI=1S/C14H10Br2ClFO/c15-10-3-9(4-11(16)6-10)14(19)5-8-1-2-12(17)7-13(8)18/h1-4,6-7,14,19H,5H2. The lowest BCUT2D eigenvalue weighted by molar-refractivity contribution is 0.177. The van der Waals surface area contributed by atoms with Crippen molar-refractivity contribution in [2.45, 2.75) is 12.5 Å². The third kappa shape index (κ3) is 4.02. The number of rotatable bonds is 3. The van der Waals surface area contributed by atoms with Crippen LogP contribution >= 0.6 is 43.5 Å². The second-order valence-electron chi connectivity index (χ2n) is 4.16. The summed E-state index contributed by atoms with van der Waals surface area (Å²) in [5, 5.41) is 10.5. The van der Waals surface area contributed by atoms with E-state index >= 15 is 0 Å². The normalized spacial score (nSPS) is 12.5. The van der Waals surface area contributed by atoms with E-state index in [0.29, 0.717) is 10.6 Å². The van der Waals surface area contributed by atoms with E-state index in [1.807, 2.05) is 18.2 Å². The molecule has 1 N–H and O–H groups in total. The first-order chi connectivity index (χ1) is 8.95. The highest BCUT2D eigenvalue weighted by Gasteiger charge is 2.13. The maximum absolute atomic E-state index is 13.7. The molecule has 0 bridgehead atoms. The molecule has 2 rings (SSSR count). The topological polar surface area (TPSA) is 20.2 Å². The molecule has 0 amide bonds. The summed E-state index contributed by atoms with van der Waals surface area (Å²) in [5.74, 6) is -0.402. The van der Waals surface area contributed by atoms with Gasteiger partial charge in [-0.3, -0.25) is 0 Å². The zero-order valence-corrected chi connectivity index (χ0v) is 13.6. The first kappa shape index (κ1) is 15.0. The fourth-order valence-electron chi connectivity index (χ4n) is 1.78. The summed E-state index contributed by atoms with van der Waals surface area (Å²) in [6.07, 6.45) is -0.573. The molecule has 0 fully saturated rings. The third-order valence-electron chi connectivity index (χ3n) is 2.70. The van der Waals surface area contributed by atoms with Crippen molar-refractivity contribution >= 4 is 43.5 Å². The summed E-state index contributed by atoms with van der Waals surface area (Å²) in [4.78, 5) is 0. The van der Waals surface area contributed by atoms with Crippen molar-refractivity contribution in [1.29, 1.82) is 0 Å². The molecule has 0 aliphatic rings. The highest BCUT2D eigenvalue weighted by atomic mass is 79.9. The maximum Gasteiger partial charge on any atom is 0.127 e. The van der Waals surface area contributed by atoms with Crippen molar-refractivity contribution in [3.63, 3.8) is 0 Å². The van der Waals surface area contributed by atoms with Crippen molar-refractivity contribution < 1.29 is 9.50 Å². The molecule has 1 unspecified atom stereocenters. The summed E-state index contributed by atoms with van der Waals surface area (Å²) in [6, 6.07) is 9.95. The summed E-state index contributed by atoms with van der Waals surface area (Å²) in [6.45, 7) is 0. The minimum Gasteiger partial charge on any atom is -0.388 e. The maximum atomic E-state index is 13.7. The van der Waals surface area contributed by atoms with Crippen LogP contribution in [0.2, 0.25) is 5.02 Å². The van der Waals surface area contributed by atoms with Crippen LogP contribution in [0.15, 0.2) is 45.3 Å². The first-order valence-electron chi connectivity index (χ1n) is 5.53. The molecule has 0 saturated carbocycles. The SMILES string of the molecule is OC(Cc1ccc(Cl)cc1F)c1cc(Br)cc(Br)c1. The summed E-state index contributed by atoms with van der Waals surface area (Å²) < 4.78 is 15.4. The summed E-state index contributed by atoms with van der Waals surface area (Å²) in [7, 11) is 0. The molecule has 0 aliphatic heterocycles. The Kier molecular flexibility index (Phi) is 5.01. The van der Waals surface area contributed by atoms with Crippen LogP contribution < -0.4 is 0 Å². The molecule has 100 valence electrons. The molecule has 2 aromatic rings. The number of aliphatic hydroxyl groups is 1. The molecule has 0 saturated heterocycles. The van der Waals surface area contributed by atoms with Gasteiger partial charge in [-0.2, -0.15) is 0 Å². The van der Waals surface area contributed by atoms with E-state index in [-0.39, 0.29) is 6.42 Å². The number of halogens is 4. The second-order valence-corrected chi connectivity index (χ2v) is 6.43. The second kappa shape index (κ2) is 6.35. The predicted molar refractivity (Wildman–Crippen MR) is 81.9 cm³/mol. The van der Waals surface area contributed by atoms with Crippen molar-refractivity contribution in [1.82, 2.24) is 0 Å². The Morgan fingerprint density at radius 1 is 1.11 bits per heavy atom. The molecular weight excluding hydrogens is 398 g/mol. The summed E-state index contributed by atoms with van der Waals surface area (Å²) >= 11 is 12.4. The number of benzene rings is 2. The Morgan fingerprint density at radius 3 is 2.32 bits per heavy atom. The average molecular weight is 408 g/mol. The molecule has 19 heavy (non-hydrogen) atoms. The van der Waals surface area contributed by atoms with Crippen LogP contribution in [0.5, 0.6) is 0 Å². The van der Waals surface area contributed by atoms with E-state index in [9.17, 15) is 9.50 Å². The number of hydrogen-bond donors (Lipinski definition) is 1. The van der Waals surface area contributed by atoms with Gasteiger partial charge in [0.25, 0.3) is 0 Å². The number of aliphatic hydroxyl groups excluding tert-OH is 1. The Labute approximate surface area is 132 Å². The molecule has 0 aliphatic carbocycles. The summed E-state index contributed by atoms with van der Waals surface area (Å²) in [5.41, 5.74) is 1.16. The fourth-order valence-corrected chi connectivity index (χ4v) is 3.27. The van der Waals surface area contributed by atoms with Gasteiger partial charge < -0.3 is 5.11 Å². The molecule has 0 spiro atoms.